The average Bonchev–Trinajstić information content (AvgIpc) is 3.61. The van der Waals surface area contributed by atoms with Gasteiger partial charge in [0.1, 0.15) is 0 Å². The van der Waals surface area contributed by atoms with Crippen molar-refractivity contribution in [2.24, 2.45) is 20.9 Å². The van der Waals surface area contributed by atoms with E-state index in [1.807, 2.05) is 25.2 Å². The van der Waals surface area contributed by atoms with Crippen molar-refractivity contribution in [2.75, 3.05) is 7.11 Å². The van der Waals surface area contributed by atoms with E-state index in [9.17, 15) is 9.90 Å². The second-order valence-corrected chi connectivity index (χ2v) is 10.3. The van der Waals surface area contributed by atoms with Gasteiger partial charge in [-0.15, -0.1) is 0 Å². The molecule has 1 unspecified atom stereocenters. The number of allylic oxidation sites excluding steroid dienone is 11. The molecule has 8 bridgehead atoms. The maximum absolute atomic E-state index is 12.6. The van der Waals surface area contributed by atoms with Crippen LogP contribution in [0.4, 0.5) is 0 Å². The van der Waals surface area contributed by atoms with Crippen molar-refractivity contribution in [1.29, 1.82) is 0 Å². The second kappa shape index (κ2) is 10.1. The zero-order valence-electron chi connectivity index (χ0n) is 23.4. The number of rotatable bonds is 4. The molecule has 39 heavy (non-hydrogen) atoms. The molecule has 5 rings (SSSR count). The molecule has 5 heterocycles. The molecule has 1 saturated heterocycles. The molecule has 1 atom stereocenters. The third-order valence-corrected chi connectivity index (χ3v) is 8.03. The van der Waals surface area contributed by atoms with Crippen molar-refractivity contribution in [3.05, 3.63) is 105 Å². The van der Waals surface area contributed by atoms with Gasteiger partial charge in [-0.2, -0.15) is 0 Å². The lowest BCUT2D eigenvalue weighted by Crippen LogP contribution is -2.17. The number of nitrogens with zero attached hydrogens (tertiary/aromatic N) is 3. The van der Waals surface area contributed by atoms with Gasteiger partial charge in [-0.25, -0.2) is 15.0 Å². The predicted molar refractivity (Wildman–Crippen MR) is 156 cm³/mol. The maximum atomic E-state index is 12.6. The molecule has 0 saturated carbocycles. The molecule has 7 heteroatoms. The van der Waals surface area contributed by atoms with Crippen molar-refractivity contribution < 1.29 is 14.6 Å². The molecule has 0 aliphatic carbocycles. The summed E-state index contributed by atoms with van der Waals surface area (Å²) in [5, 5.41) is 13.9. The van der Waals surface area contributed by atoms with E-state index in [4.69, 9.17) is 19.7 Å². The number of nitrogens with one attached hydrogen (secondary N) is 1. The van der Waals surface area contributed by atoms with Gasteiger partial charge in [0.05, 0.1) is 54.0 Å². The lowest BCUT2D eigenvalue weighted by Gasteiger charge is -2.13. The Kier molecular flexibility index (Phi) is 6.85. The summed E-state index contributed by atoms with van der Waals surface area (Å²) >= 11 is 0. The molecule has 0 amide bonds. The van der Waals surface area contributed by atoms with Crippen LogP contribution in [0.1, 0.15) is 53.9 Å². The Balaban J connectivity index is 1.81. The molecule has 200 valence electrons. The van der Waals surface area contributed by atoms with Gasteiger partial charge in [0.2, 0.25) is 0 Å². The third kappa shape index (κ3) is 4.42. The average molecular weight is 523 g/mol. The highest BCUT2D eigenvalue weighted by Crippen LogP contribution is 2.39. The summed E-state index contributed by atoms with van der Waals surface area (Å²) in [6.07, 6.45) is 10.5. The lowest BCUT2D eigenvalue weighted by atomic mass is 9.94. The van der Waals surface area contributed by atoms with Crippen LogP contribution in [0.5, 0.6) is 0 Å². The quantitative estimate of drug-likeness (QED) is 0.330. The molecule has 7 nitrogen and oxygen atoms in total. The van der Waals surface area contributed by atoms with E-state index in [-0.39, 0.29) is 18.3 Å². The molecule has 0 spiro atoms. The zero-order valence-corrected chi connectivity index (χ0v) is 23.4. The molecule has 5 aliphatic heterocycles. The molecular weight excluding hydrogens is 488 g/mol. The van der Waals surface area contributed by atoms with E-state index < -0.39 is 0 Å². The van der Waals surface area contributed by atoms with Crippen LogP contribution in [0, 0.1) is 5.92 Å². The fraction of sp³-hybridized carbons (Fsp3) is 0.312. The van der Waals surface area contributed by atoms with E-state index in [2.05, 4.69) is 45.7 Å². The number of aliphatic imine (C=N–C) groups is 3. The Hall–Kier alpha value is -4.26. The number of carbonyl (C=O) groups excluding carboxylic acids is 1. The number of ether oxygens (including phenoxy) is 1. The largest absolute Gasteiger partial charge is 0.515 e. The normalized spacial score (nSPS) is 23.5. The monoisotopic (exact) mass is 522 g/mol. The number of hydrogen-bond acceptors (Lipinski definition) is 7. The van der Waals surface area contributed by atoms with Crippen LogP contribution >= 0.6 is 0 Å². The molecule has 0 aromatic rings. The first-order valence-electron chi connectivity index (χ1n) is 13.3. The highest BCUT2D eigenvalue weighted by atomic mass is 16.5. The number of carbonyl (C=O) groups is 1. The number of hydrogen-bond donors (Lipinski definition) is 2. The van der Waals surface area contributed by atoms with Crippen LogP contribution in [0.25, 0.3) is 0 Å². The lowest BCUT2D eigenvalue weighted by molar-refractivity contribution is -0.139. The highest BCUT2D eigenvalue weighted by Gasteiger charge is 2.32. The number of aliphatic hydroxyl groups is 1. The summed E-state index contributed by atoms with van der Waals surface area (Å²) in [6, 6.07) is 0. The minimum Gasteiger partial charge on any atom is -0.515 e. The first-order valence-corrected chi connectivity index (χ1v) is 13.3. The summed E-state index contributed by atoms with van der Waals surface area (Å²) in [7, 11) is 1.38. The van der Waals surface area contributed by atoms with Crippen molar-refractivity contribution in [3.8, 4) is 0 Å². The first kappa shape index (κ1) is 26.4. The predicted octanol–water partition coefficient (Wildman–Crippen LogP) is 6.41. The van der Waals surface area contributed by atoms with Crippen LogP contribution in [0.3, 0.4) is 0 Å². The minimum atomic E-state index is -0.371. The third-order valence-electron chi connectivity index (χ3n) is 8.03. The van der Waals surface area contributed by atoms with E-state index in [0.29, 0.717) is 29.0 Å². The standard InChI is InChI=1S/C32H34N4O3/c1-8-20-17(4)25-12-24-16(3)10-28(33-24)22(11-31(38)39-7)32-23(15-37)19(6)27(36-32)14-30-21(9-2)18(5)26(35-30)13-29(20)34-25/h8,12-16,33,37H,1,9-11H2,2-7H3/b23-15+,24-12?,28-22?,29-13?,30-14?. The van der Waals surface area contributed by atoms with Gasteiger partial charge in [0, 0.05) is 34.0 Å². The Bertz CT molecular complexity index is 1560. The molecule has 5 aliphatic rings. The van der Waals surface area contributed by atoms with Gasteiger partial charge < -0.3 is 15.2 Å². The van der Waals surface area contributed by atoms with Gasteiger partial charge in [0.15, 0.2) is 0 Å². The zero-order chi connectivity index (χ0) is 28.0. The van der Waals surface area contributed by atoms with Crippen molar-refractivity contribution in [1.82, 2.24) is 5.32 Å². The van der Waals surface area contributed by atoms with Crippen LogP contribution in [0.15, 0.2) is 120 Å². The summed E-state index contributed by atoms with van der Waals surface area (Å²) in [4.78, 5) is 27.5. The Morgan fingerprint density at radius 1 is 1.08 bits per heavy atom. The Morgan fingerprint density at radius 2 is 1.79 bits per heavy atom. The SMILES string of the molecule is C=CC1=C(C)C2=NC1=CC1=NC(=CC3=C(C)/C(=C\O)C(=N3)C(CC(=O)OC)=C3CC(C)C(=C2)N3)C(CC)=C1C. The van der Waals surface area contributed by atoms with Crippen molar-refractivity contribution in [3.63, 3.8) is 0 Å². The van der Waals surface area contributed by atoms with Gasteiger partial charge in [-0.1, -0.05) is 26.5 Å². The number of fused-ring (bicyclic) bond motifs is 5. The van der Waals surface area contributed by atoms with E-state index in [1.165, 1.54) is 7.11 Å². The first-order chi connectivity index (χ1) is 18.7. The summed E-state index contributed by atoms with van der Waals surface area (Å²) in [6.45, 7) is 14.4. The Labute approximate surface area is 229 Å². The fourth-order valence-electron chi connectivity index (χ4n) is 5.65. The number of aliphatic hydroxyl groups excluding tert-OH is 1. The topological polar surface area (TPSA) is 95.6 Å². The number of methoxy groups -OCH3 is 1. The highest BCUT2D eigenvalue weighted by molar-refractivity contribution is 6.20. The van der Waals surface area contributed by atoms with Gasteiger partial charge in [-0.3, -0.25) is 4.79 Å². The van der Waals surface area contributed by atoms with Crippen LogP contribution in [-0.2, 0) is 9.53 Å². The fourth-order valence-corrected chi connectivity index (χ4v) is 5.65. The van der Waals surface area contributed by atoms with Gasteiger partial charge in [0.25, 0.3) is 0 Å². The van der Waals surface area contributed by atoms with E-state index in [0.717, 1.165) is 74.8 Å². The summed E-state index contributed by atoms with van der Waals surface area (Å²) in [5.41, 5.74) is 13.0. The molecule has 1 fully saturated rings. The number of esters is 1. The maximum Gasteiger partial charge on any atom is 0.310 e. The van der Waals surface area contributed by atoms with Crippen molar-refractivity contribution >= 4 is 23.1 Å². The van der Waals surface area contributed by atoms with Gasteiger partial charge in [-0.05, 0) is 74.1 Å². The molecule has 0 radical (unpaired) electrons. The van der Waals surface area contributed by atoms with Crippen molar-refractivity contribution in [2.45, 2.75) is 53.9 Å². The van der Waals surface area contributed by atoms with Crippen LogP contribution in [-0.4, -0.2) is 35.3 Å². The smallest absolute Gasteiger partial charge is 0.310 e. The van der Waals surface area contributed by atoms with Crippen LogP contribution in [0.2, 0.25) is 0 Å². The molecule has 2 N–H and O–H groups in total. The molecule has 0 aromatic carbocycles. The second-order valence-electron chi connectivity index (χ2n) is 10.3. The van der Waals surface area contributed by atoms with E-state index >= 15 is 0 Å². The van der Waals surface area contributed by atoms with Crippen LogP contribution < -0.4 is 5.32 Å². The molecule has 0 aromatic heterocycles. The summed E-state index contributed by atoms with van der Waals surface area (Å²) in [5.74, 6) is -0.208. The van der Waals surface area contributed by atoms with E-state index in [1.54, 1.807) is 0 Å². The van der Waals surface area contributed by atoms with Gasteiger partial charge >= 0.3 is 5.97 Å². The minimum absolute atomic E-state index is 0.0288. The Morgan fingerprint density at radius 3 is 2.46 bits per heavy atom. The molecular formula is C32H34N4O3. The summed E-state index contributed by atoms with van der Waals surface area (Å²) < 4.78 is 5.04.